The topological polar surface area (TPSA) is 25.2 Å². The Labute approximate surface area is 126 Å². The summed E-state index contributed by atoms with van der Waals surface area (Å²) in [6.45, 7) is 4.00. The summed E-state index contributed by atoms with van der Waals surface area (Å²) < 4.78 is 18.7. The van der Waals surface area contributed by atoms with Gasteiger partial charge in [-0.15, -0.1) is 0 Å². The summed E-state index contributed by atoms with van der Waals surface area (Å²) in [6.07, 6.45) is 6.45. The van der Waals surface area contributed by atoms with Crippen LogP contribution in [0.15, 0.2) is 40.8 Å². The van der Waals surface area contributed by atoms with Gasteiger partial charge in [-0.1, -0.05) is 32.6 Å². The van der Waals surface area contributed by atoms with E-state index in [2.05, 4.69) is 12.2 Å². The smallest absolute Gasteiger partial charge is 0.134 e. The minimum absolute atomic E-state index is 0.227. The lowest BCUT2D eigenvalue weighted by atomic mass is 10.1. The first-order valence-corrected chi connectivity index (χ1v) is 7.85. The predicted molar refractivity (Wildman–Crippen MR) is 84.6 cm³/mol. The van der Waals surface area contributed by atoms with E-state index in [1.54, 1.807) is 12.1 Å². The van der Waals surface area contributed by atoms with Crippen LogP contribution in [0.2, 0.25) is 0 Å². The first-order chi connectivity index (χ1) is 10.3. The van der Waals surface area contributed by atoms with E-state index in [-0.39, 0.29) is 5.82 Å². The molecule has 0 aliphatic rings. The van der Waals surface area contributed by atoms with Crippen molar-refractivity contribution in [3.63, 3.8) is 0 Å². The van der Waals surface area contributed by atoms with Gasteiger partial charge in [0.25, 0.3) is 0 Å². The van der Waals surface area contributed by atoms with Gasteiger partial charge in [-0.25, -0.2) is 4.39 Å². The van der Waals surface area contributed by atoms with Crippen LogP contribution in [-0.2, 0) is 6.54 Å². The minimum atomic E-state index is -0.227. The molecule has 0 saturated heterocycles. The molecule has 0 fully saturated rings. The molecule has 1 aromatic heterocycles. The second-order valence-electron chi connectivity index (χ2n) is 5.36. The molecule has 0 atom stereocenters. The van der Waals surface area contributed by atoms with Gasteiger partial charge in [0.1, 0.15) is 17.3 Å². The first-order valence-electron chi connectivity index (χ1n) is 7.85. The highest BCUT2D eigenvalue weighted by molar-refractivity contribution is 5.57. The third kappa shape index (κ3) is 5.35. The standard InChI is InChI=1S/C18H24FNO/c1-2-3-4-5-6-13-20-14-17-11-12-18(21-17)15-7-9-16(19)10-8-15/h7-12,20H,2-6,13-14H2,1H3. The molecule has 0 radical (unpaired) electrons. The van der Waals surface area contributed by atoms with E-state index < -0.39 is 0 Å². The van der Waals surface area contributed by atoms with Crippen molar-refractivity contribution in [2.24, 2.45) is 0 Å². The van der Waals surface area contributed by atoms with Crippen LogP contribution in [-0.4, -0.2) is 6.54 Å². The Balaban J connectivity index is 1.72. The van der Waals surface area contributed by atoms with E-state index in [1.807, 2.05) is 12.1 Å². The highest BCUT2D eigenvalue weighted by Crippen LogP contribution is 2.22. The van der Waals surface area contributed by atoms with Crippen molar-refractivity contribution in [3.8, 4) is 11.3 Å². The second-order valence-corrected chi connectivity index (χ2v) is 5.36. The molecular weight excluding hydrogens is 265 g/mol. The van der Waals surface area contributed by atoms with Crippen molar-refractivity contribution < 1.29 is 8.81 Å². The predicted octanol–water partition coefficient (Wildman–Crippen LogP) is 5.15. The van der Waals surface area contributed by atoms with Gasteiger partial charge in [0.15, 0.2) is 0 Å². The van der Waals surface area contributed by atoms with Gasteiger partial charge in [0, 0.05) is 5.56 Å². The molecular formula is C18H24FNO. The fraction of sp³-hybridized carbons (Fsp3) is 0.444. The summed E-state index contributed by atoms with van der Waals surface area (Å²) >= 11 is 0. The summed E-state index contributed by atoms with van der Waals surface area (Å²) in [6, 6.07) is 10.3. The van der Waals surface area contributed by atoms with Crippen LogP contribution in [0.4, 0.5) is 4.39 Å². The second kappa shape index (κ2) is 8.63. The molecule has 1 aromatic carbocycles. The van der Waals surface area contributed by atoms with Crippen LogP contribution in [0.5, 0.6) is 0 Å². The van der Waals surface area contributed by atoms with E-state index in [0.29, 0.717) is 0 Å². The molecule has 3 heteroatoms. The number of furan rings is 1. The summed E-state index contributed by atoms with van der Waals surface area (Å²) in [5.41, 5.74) is 0.905. The first kappa shape index (κ1) is 15.8. The van der Waals surface area contributed by atoms with Crippen molar-refractivity contribution in [1.82, 2.24) is 5.32 Å². The molecule has 0 spiro atoms. The summed E-state index contributed by atoms with van der Waals surface area (Å²) in [5.74, 6) is 1.48. The Morgan fingerprint density at radius 3 is 2.48 bits per heavy atom. The maximum absolute atomic E-state index is 12.9. The third-order valence-corrected chi connectivity index (χ3v) is 3.55. The molecule has 0 saturated carbocycles. The van der Waals surface area contributed by atoms with Gasteiger partial charge >= 0.3 is 0 Å². The Morgan fingerprint density at radius 1 is 0.952 bits per heavy atom. The van der Waals surface area contributed by atoms with Gasteiger partial charge in [-0.3, -0.25) is 0 Å². The number of nitrogens with one attached hydrogen (secondary N) is 1. The quantitative estimate of drug-likeness (QED) is 0.646. The number of halogens is 1. The molecule has 2 aromatic rings. The lowest BCUT2D eigenvalue weighted by Crippen LogP contribution is -2.14. The lowest BCUT2D eigenvalue weighted by Gasteiger charge is -2.03. The molecule has 21 heavy (non-hydrogen) atoms. The van der Waals surface area contributed by atoms with Gasteiger partial charge in [0.05, 0.1) is 6.54 Å². The average molecular weight is 289 g/mol. The molecule has 0 unspecified atom stereocenters. The van der Waals surface area contributed by atoms with Crippen LogP contribution in [0.25, 0.3) is 11.3 Å². The van der Waals surface area contributed by atoms with Crippen LogP contribution < -0.4 is 5.32 Å². The van der Waals surface area contributed by atoms with E-state index in [1.165, 1.54) is 44.2 Å². The largest absolute Gasteiger partial charge is 0.460 e. The highest BCUT2D eigenvalue weighted by atomic mass is 19.1. The van der Waals surface area contributed by atoms with Crippen molar-refractivity contribution in [2.45, 2.75) is 45.6 Å². The molecule has 2 nitrogen and oxygen atoms in total. The summed E-state index contributed by atoms with van der Waals surface area (Å²) in [5, 5.41) is 3.40. The summed E-state index contributed by atoms with van der Waals surface area (Å²) in [7, 11) is 0. The number of unbranched alkanes of at least 4 members (excludes halogenated alkanes) is 4. The molecule has 0 amide bonds. The SMILES string of the molecule is CCCCCCCNCc1ccc(-c2ccc(F)cc2)o1. The molecule has 114 valence electrons. The van der Waals surface area contributed by atoms with Crippen molar-refractivity contribution in [1.29, 1.82) is 0 Å². The normalized spacial score (nSPS) is 11.0. The van der Waals surface area contributed by atoms with Crippen molar-refractivity contribution >= 4 is 0 Å². The molecule has 0 aliphatic carbocycles. The van der Waals surface area contributed by atoms with E-state index in [9.17, 15) is 4.39 Å². The molecule has 1 heterocycles. The highest BCUT2D eigenvalue weighted by Gasteiger charge is 2.04. The van der Waals surface area contributed by atoms with Crippen LogP contribution in [0, 0.1) is 5.82 Å². The Hall–Kier alpha value is -1.61. The molecule has 0 aliphatic heterocycles. The zero-order chi connectivity index (χ0) is 14.9. The van der Waals surface area contributed by atoms with Gasteiger partial charge in [-0.05, 0) is 49.4 Å². The fourth-order valence-electron chi connectivity index (χ4n) is 2.31. The van der Waals surface area contributed by atoms with Crippen molar-refractivity contribution in [3.05, 3.63) is 48.0 Å². The zero-order valence-corrected chi connectivity index (χ0v) is 12.7. The third-order valence-electron chi connectivity index (χ3n) is 3.55. The Bertz CT molecular complexity index is 518. The van der Waals surface area contributed by atoms with E-state index in [4.69, 9.17) is 4.42 Å². The number of benzene rings is 1. The molecule has 2 rings (SSSR count). The monoisotopic (exact) mass is 289 g/mol. The number of rotatable bonds is 9. The minimum Gasteiger partial charge on any atom is -0.460 e. The fourth-order valence-corrected chi connectivity index (χ4v) is 2.31. The maximum atomic E-state index is 12.9. The van der Waals surface area contributed by atoms with Gasteiger partial charge in [-0.2, -0.15) is 0 Å². The van der Waals surface area contributed by atoms with E-state index >= 15 is 0 Å². The van der Waals surface area contributed by atoms with Gasteiger partial charge < -0.3 is 9.73 Å². The van der Waals surface area contributed by atoms with Crippen LogP contribution in [0.1, 0.15) is 44.8 Å². The average Bonchev–Trinajstić information content (AvgIpc) is 2.96. The Kier molecular flexibility index (Phi) is 6.48. The van der Waals surface area contributed by atoms with E-state index in [0.717, 1.165) is 30.2 Å². The maximum Gasteiger partial charge on any atom is 0.134 e. The molecule has 1 N–H and O–H groups in total. The van der Waals surface area contributed by atoms with Crippen molar-refractivity contribution in [2.75, 3.05) is 6.54 Å². The Morgan fingerprint density at radius 2 is 1.71 bits per heavy atom. The summed E-state index contributed by atoms with van der Waals surface area (Å²) in [4.78, 5) is 0. The van der Waals surface area contributed by atoms with Crippen LogP contribution in [0.3, 0.4) is 0 Å². The number of hydrogen-bond acceptors (Lipinski definition) is 2. The zero-order valence-electron chi connectivity index (χ0n) is 12.7. The van der Waals surface area contributed by atoms with Gasteiger partial charge in [0.2, 0.25) is 0 Å². The number of hydrogen-bond donors (Lipinski definition) is 1. The lowest BCUT2D eigenvalue weighted by molar-refractivity contribution is 0.486. The van der Waals surface area contributed by atoms with Crippen LogP contribution >= 0.6 is 0 Å². The molecule has 0 bridgehead atoms.